The SMILES string of the molecule is C[C@@H]([NH3+])C(=O)N[C@]1(C(=O)O)CC[C@H]2[C@@H]1[C@]2(F)C(=O)O. The maximum Gasteiger partial charge on any atom is 0.342 e. The average molecular weight is 275 g/mol. The van der Waals surface area contributed by atoms with Crippen LogP contribution in [-0.2, 0) is 14.4 Å². The lowest BCUT2D eigenvalue weighted by molar-refractivity contribution is -0.398. The van der Waals surface area contributed by atoms with Gasteiger partial charge in [-0.05, 0) is 19.8 Å². The predicted molar refractivity (Wildman–Crippen MR) is 58.5 cm³/mol. The summed E-state index contributed by atoms with van der Waals surface area (Å²) in [7, 11) is 0. The Morgan fingerprint density at radius 1 is 1.37 bits per heavy atom. The van der Waals surface area contributed by atoms with Gasteiger partial charge < -0.3 is 21.3 Å². The summed E-state index contributed by atoms with van der Waals surface area (Å²) in [5.41, 5.74) is -0.914. The maximum atomic E-state index is 14.2. The number of amides is 1. The molecule has 0 aliphatic heterocycles. The molecule has 106 valence electrons. The molecule has 0 unspecified atom stereocenters. The van der Waals surface area contributed by atoms with Crippen molar-refractivity contribution in [2.75, 3.05) is 0 Å². The van der Waals surface area contributed by atoms with Crippen molar-refractivity contribution in [1.82, 2.24) is 5.32 Å². The fourth-order valence-electron chi connectivity index (χ4n) is 3.11. The van der Waals surface area contributed by atoms with Gasteiger partial charge in [0, 0.05) is 11.8 Å². The molecule has 1 amide bonds. The Hall–Kier alpha value is -1.70. The molecule has 7 nitrogen and oxygen atoms in total. The van der Waals surface area contributed by atoms with E-state index in [-0.39, 0.29) is 12.8 Å². The summed E-state index contributed by atoms with van der Waals surface area (Å²) < 4.78 is 14.2. The summed E-state index contributed by atoms with van der Waals surface area (Å²) in [6.45, 7) is 1.48. The number of carbonyl (C=O) groups is 3. The molecule has 0 spiro atoms. The minimum Gasteiger partial charge on any atom is -0.479 e. The van der Waals surface area contributed by atoms with Crippen molar-refractivity contribution < 1.29 is 34.7 Å². The number of quaternary nitrogens is 1. The Bertz CT molecular complexity index is 468. The lowest BCUT2D eigenvalue weighted by atomic mass is 9.89. The van der Waals surface area contributed by atoms with Crippen LogP contribution in [0, 0.1) is 11.8 Å². The van der Waals surface area contributed by atoms with Crippen LogP contribution >= 0.6 is 0 Å². The number of halogens is 1. The van der Waals surface area contributed by atoms with E-state index in [0.717, 1.165) is 0 Å². The summed E-state index contributed by atoms with van der Waals surface area (Å²) in [5.74, 6) is -5.73. The van der Waals surface area contributed by atoms with Gasteiger partial charge in [-0.2, -0.15) is 0 Å². The number of carboxylic acids is 2. The van der Waals surface area contributed by atoms with Gasteiger partial charge in [0.2, 0.25) is 5.67 Å². The van der Waals surface area contributed by atoms with Crippen molar-refractivity contribution in [3.05, 3.63) is 0 Å². The first-order chi connectivity index (χ1) is 8.68. The lowest BCUT2D eigenvalue weighted by Crippen LogP contribution is -2.69. The predicted octanol–water partition coefficient (Wildman–Crippen LogP) is -1.61. The van der Waals surface area contributed by atoms with E-state index in [1.165, 1.54) is 6.92 Å². The normalized spacial score (nSPS) is 41.2. The largest absolute Gasteiger partial charge is 0.479 e. The molecule has 0 aromatic carbocycles. The van der Waals surface area contributed by atoms with E-state index in [0.29, 0.717) is 0 Å². The minimum atomic E-state index is -2.55. The number of alkyl halides is 1. The fraction of sp³-hybridized carbons (Fsp3) is 0.727. The topological polar surface area (TPSA) is 131 Å². The number of nitrogens with one attached hydrogen (secondary N) is 1. The second-order valence-electron chi connectivity index (χ2n) is 5.36. The summed E-state index contributed by atoms with van der Waals surface area (Å²) >= 11 is 0. The highest BCUT2D eigenvalue weighted by atomic mass is 19.1. The van der Waals surface area contributed by atoms with Crippen LogP contribution in [0.5, 0.6) is 0 Å². The van der Waals surface area contributed by atoms with Crippen molar-refractivity contribution in [3.8, 4) is 0 Å². The van der Waals surface area contributed by atoms with Gasteiger partial charge in [-0.25, -0.2) is 14.0 Å². The first kappa shape index (κ1) is 13.7. The number of fused-ring (bicyclic) bond motifs is 1. The minimum absolute atomic E-state index is 0.0368. The van der Waals surface area contributed by atoms with E-state index >= 15 is 0 Å². The summed E-state index contributed by atoms with van der Waals surface area (Å²) in [6.07, 6.45) is 0.167. The molecule has 2 rings (SSSR count). The molecular weight excluding hydrogens is 259 g/mol. The molecule has 0 aromatic heterocycles. The van der Waals surface area contributed by atoms with Gasteiger partial charge >= 0.3 is 11.9 Å². The zero-order chi connectivity index (χ0) is 14.6. The van der Waals surface area contributed by atoms with E-state index < -0.39 is 46.9 Å². The highest BCUT2D eigenvalue weighted by Crippen LogP contribution is 2.67. The molecule has 2 aliphatic rings. The Morgan fingerprint density at radius 3 is 2.32 bits per heavy atom. The van der Waals surface area contributed by atoms with Crippen molar-refractivity contribution in [3.63, 3.8) is 0 Å². The second kappa shape index (κ2) is 3.89. The molecule has 2 aliphatic carbocycles. The Labute approximate surface area is 108 Å². The van der Waals surface area contributed by atoms with Gasteiger partial charge in [-0.3, -0.25) is 4.79 Å². The average Bonchev–Trinajstić information content (AvgIpc) is 2.73. The van der Waals surface area contributed by atoms with Gasteiger partial charge in [0.15, 0.2) is 6.04 Å². The Kier molecular flexibility index (Phi) is 2.81. The fourth-order valence-corrected chi connectivity index (χ4v) is 3.11. The van der Waals surface area contributed by atoms with E-state index in [1.54, 1.807) is 0 Å². The van der Waals surface area contributed by atoms with Crippen LogP contribution in [0.1, 0.15) is 19.8 Å². The number of carbonyl (C=O) groups excluding carboxylic acids is 1. The van der Waals surface area contributed by atoms with Crippen LogP contribution in [0.25, 0.3) is 0 Å². The lowest BCUT2D eigenvalue weighted by Gasteiger charge is -2.29. The molecular formula is C11H16FN2O5+. The van der Waals surface area contributed by atoms with Crippen molar-refractivity contribution in [1.29, 1.82) is 0 Å². The third-order valence-corrected chi connectivity index (χ3v) is 4.17. The molecule has 0 heterocycles. The van der Waals surface area contributed by atoms with Crippen LogP contribution in [0.2, 0.25) is 0 Å². The number of carboxylic acid groups (broad SMARTS) is 2. The van der Waals surface area contributed by atoms with Crippen LogP contribution in [0.4, 0.5) is 4.39 Å². The van der Waals surface area contributed by atoms with E-state index in [2.05, 4.69) is 11.1 Å². The van der Waals surface area contributed by atoms with Crippen LogP contribution in [0.3, 0.4) is 0 Å². The van der Waals surface area contributed by atoms with Crippen LogP contribution in [0.15, 0.2) is 0 Å². The van der Waals surface area contributed by atoms with Crippen LogP contribution in [-0.4, -0.2) is 45.3 Å². The Morgan fingerprint density at radius 2 is 1.95 bits per heavy atom. The highest BCUT2D eigenvalue weighted by molar-refractivity contribution is 5.94. The highest BCUT2D eigenvalue weighted by Gasteiger charge is 2.83. The van der Waals surface area contributed by atoms with Crippen LogP contribution < -0.4 is 11.1 Å². The summed E-state index contributed by atoms with van der Waals surface area (Å²) in [5, 5.41) is 20.5. The van der Waals surface area contributed by atoms with Gasteiger partial charge in [0.05, 0.1) is 0 Å². The monoisotopic (exact) mass is 275 g/mol. The molecule has 2 fully saturated rings. The molecule has 8 heteroatoms. The van der Waals surface area contributed by atoms with E-state index in [9.17, 15) is 23.9 Å². The molecule has 0 bridgehead atoms. The third kappa shape index (κ3) is 1.62. The molecule has 2 saturated carbocycles. The molecule has 6 N–H and O–H groups in total. The van der Waals surface area contributed by atoms with Gasteiger partial charge in [-0.1, -0.05) is 0 Å². The van der Waals surface area contributed by atoms with Gasteiger partial charge in [-0.15, -0.1) is 0 Å². The van der Waals surface area contributed by atoms with Crippen molar-refractivity contribution in [2.24, 2.45) is 11.8 Å². The smallest absolute Gasteiger partial charge is 0.342 e. The van der Waals surface area contributed by atoms with E-state index in [4.69, 9.17) is 5.11 Å². The first-order valence-electron chi connectivity index (χ1n) is 5.98. The third-order valence-electron chi connectivity index (χ3n) is 4.17. The standard InChI is InChI=1S/C11H15FN2O5/c1-4(13)7(15)14-10(8(16)17)3-2-5-6(10)11(5,12)9(18)19/h4-6H,2-3,13H2,1H3,(H,14,15)(H,16,17)(H,18,19)/p+1/t4-,5+,6+,10-,11+/m1/s1. The quantitative estimate of drug-likeness (QED) is 0.490. The Balaban J connectivity index is 2.31. The molecule has 0 aromatic rings. The molecule has 0 saturated heterocycles. The van der Waals surface area contributed by atoms with Crippen molar-refractivity contribution >= 4 is 17.8 Å². The number of rotatable bonds is 4. The zero-order valence-electron chi connectivity index (χ0n) is 10.4. The number of hydrogen-bond acceptors (Lipinski definition) is 3. The summed E-state index contributed by atoms with van der Waals surface area (Å²) in [6, 6.07) is -0.701. The first-order valence-corrected chi connectivity index (χ1v) is 5.98. The maximum absolute atomic E-state index is 14.2. The van der Waals surface area contributed by atoms with Gasteiger partial charge in [0.25, 0.3) is 5.91 Å². The molecule has 0 radical (unpaired) electrons. The number of hydrogen-bond donors (Lipinski definition) is 4. The van der Waals surface area contributed by atoms with Gasteiger partial charge in [0.1, 0.15) is 5.54 Å². The second-order valence-corrected chi connectivity index (χ2v) is 5.36. The number of aliphatic carboxylic acids is 2. The molecule has 19 heavy (non-hydrogen) atoms. The molecule has 5 atom stereocenters. The zero-order valence-corrected chi connectivity index (χ0v) is 10.4. The van der Waals surface area contributed by atoms with Crippen molar-refractivity contribution in [2.45, 2.75) is 37.0 Å². The summed E-state index contributed by atoms with van der Waals surface area (Å²) in [4.78, 5) is 34.0. The van der Waals surface area contributed by atoms with E-state index in [1.807, 2.05) is 0 Å².